The number of benzene rings is 1. The van der Waals surface area contributed by atoms with Crippen LogP contribution in [0.5, 0.6) is 0 Å². The van der Waals surface area contributed by atoms with Crippen LogP contribution in [-0.4, -0.2) is 29.2 Å². The van der Waals surface area contributed by atoms with Crippen molar-refractivity contribution >= 4 is 17.0 Å². The molecule has 0 radical (unpaired) electrons. The quantitative estimate of drug-likeness (QED) is 0.851. The summed E-state index contributed by atoms with van der Waals surface area (Å²) in [5.41, 5.74) is 1.93. The molecule has 5 rings (SSSR count). The molecular formula is C16H17NO2. The van der Waals surface area contributed by atoms with Crippen molar-refractivity contribution in [2.24, 2.45) is 5.92 Å². The molecule has 3 heteroatoms. The minimum atomic E-state index is -0.323. The molecule has 3 nitrogen and oxygen atoms in total. The van der Waals surface area contributed by atoms with Crippen molar-refractivity contribution in [3.63, 3.8) is 0 Å². The Morgan fingerprint density at radius 3 is 2.74 bits per heavy atom. The van der Waals surface area contributed by atoms with Crippen molar-refractivity contribution in [1.29, 1.82) is 0 Å². The van der Waals surface area contributed by atoms with Gasteiger partial charge in [0.15, 0.2) is 0 Å². The van der Waals surface area contributed by atoms with Crippen LogP contribution < -0.4 is 0 Å². The number of rotatable bonds is 1. The first-order chi connectivity index (χ1) is 9.31. The second-order valence-electron chi connectivity index (χ2n) is 5.53. The largest absolute Gasteiger partial charge is 0.457 e. The van der Waals surface area contributed by atoms with Gasteiger partial charge in [-0.15, -0.1) is 0 Å². The topological polar surface area (TPSA) is 36.6 Å². The van der Waals surface area contributed by atoms with Gasteiger partial charge in [0.05, 0.1) is 6.10 Å². The average Bonchev–Trinajstić information content (AvgIpc) is 2.85. The molecule has 1 N–H and O–H groups in total. The molecule has 3 aliphatic heterocycles. The van der Waals surface area contributed by atoms with Crippen molar-refractivity contribution in [3.8, 4) is 0 Å². The molecule has 1 atom stereocenters. The van der Waals surface area contributed by atoms with Crippen LogP contribution in [0.2, 0.25) is 0 Å². The highest BCUT2D eigenvalue weighted by Gasteiger charge is 2.36. The van der Waals surface area contributed by atoms with Crippen molar-refractivity contribution < 1.29 is 9.52 Å². The lowest BCUT2D eigenvalue weighted by Gasteiger charge is -2.45. The normalized spacial score (nSPS) is 28.5. The van der Waals surface area contributed by atoms with Gasteiger partial charge in [-0.25, -0.2) is 0 Å². The summed E-state index contributed by atoms with van der Waals surface area (Å²) in [6.07, 6.45) is 3.91. The summed E-state index contributed by atoms with van der Waals surface area (Å²) in [4.78, 5) is 2.29. The number of hydrogen-bond acceptors (Lipinski definition) is 3. The van der Waals surface area contributed by atoms with Gasteiger partial charge in [-0.3, -0.25) is 0 Å². The number of para-hydroxylation sites is 1. The number of furan rings is 1. The second-order valence-corrected chi connectivity index (χ2v) is 5.53. The van der Waals surface area contributed by atoms with Gasteiger partial charge in [0.25, 0.3) is 0 Å². The highest BCUT2D eigenvalue weighted by molar-refractivity contribution is 5.79. The predicted molar refractivity (Wildman–Crippen MR) is 74.5 cm³/mol. The van der Waals surface area contributed by atoms with E-state index in [4.69, 9.17) is 4.42 Å². The molecule has 2 aromatic rings. The van der Waals surface area contributed by atoms with E-state index in [1.54, 1.807) is 0 Å². The lowest BCUT2D eigenvalue weighted by molar-refractivity contribution is 0.0214. The highest BCUT2D eigenvalue weighted by atomic mass is 16.3. The van der Waals surface area contributed by atoms with Crippen LogP contribution in [-0.2, 0) is 0 Å². The number of aliphatic hydroxyl groups excluding tert-OH is 1. The lowest BCUT2D eigenvalue weighted by Crippen LogP contribution is -2.48. The Morgan fingerprint density at radius 1 is 1.21 bits per heavy atom. The third-order valence-corrected chi connectivity index (χ3v) is 4.39. The van der Waals surface area contributed by atoms with Gasteiger partial charge < -0.3 is 14.4 Å². The van der Waals surface area contributed by atoms with Crippen LogP contribution in [0, 0.1) is 5.92 Å². The molecule has 3 saturated heterocycles. The Bertz CT molecular complexity index is 598. The summed E-state index contributed by atoms with van der Waals surface area (Å²) >= 11 is 0. The predicted octanol–water partition coefficient (Wildman–Crippen LogP) is 2.86. The molecule has 2 bridgehead atoms. The Kier molecular flexibility index (Phi) is 2.42. The Hall–Kier alpha value is -1.74. The van der Waals surface area contributed by atoms with Crippen molar-refractivity contribution in [2.45, 2.75) is 18.9 Å². The zero-order chi connectivity index (χ0) is 12.8. The maximum Gasteiger partial charge on any atom is 0.134 e. The van der Waals surface area contributed by atoms with Gasteiger partial charge >= 0.3 is 0 Å². The van der Waals surface area contributed by atoms with E-state index in [-0.39, 0.29) is 6.10 Å². The fraction of sp³-hybridized carbons (Fsp3) is 0.375. The standard InChI is InChI=1S/C16H17NO2/c18-16-11-5-7-17(8-6-11)14(16)10-13-9-12-3-1-2-4-15(12)19-13/h1-4,9-11,16,18H,5-8H2/b14-10-. The first-order valence-electron chi connectivity index (χ1n) is 6.94. The summed E-state index contributed by atoms with van der Waals surface area (Å²) in [5, 5.41) is 11.5. The minimum Gasteiger partial charge on any atom is -0.457 e. The summed E-state index contributed by atoms with van der Waals surface area (Å²) in [6, 6.07) is 10.0. The Labute approximate surface area is 112 Å². The molecule has 1 aromatic heterocycles. The van der Waals surface area contributed by atoms with Gasteiger partial charge in [0.1, 0.15) is 11.3 Å². The van der Waals surface area contributed by atoms with Gasteiger partial charge in [0, 0.05) is 30.2 Å². The zero-order valence-electron chi connectivity index (χ0n) is 10.7. The molecule has 0 aliphatic carbocycles. The molecule has 1 unspecified atom stereocenters. The van der Waals surface area contributed by atoms with E-state index >= 15 is 0 Å². The number of hydrogen-bond donors (Lipinski definition) is 1. The maximum absolute atomic E-state index is 10.3. The number of aliphatic hydroxyl groups is 1. The molecule has 3 fully saturated rings. The molecule has 1 aromatic carbocycles. The monoisotopic (exact) mass is 255 g/mol. The molecule has 19 heavy (non-hydrogen) atoms. The fourth-order valence-corrected chi connectivity index (χ4v) is 3.30. The lowest BCUT2D eigenvalue weighted by atomic mass is 9.83. The average molecular weight is 255 g/mol. The third-order valence-electron chi connectivity index (χ3n) is 4.39. The number of piperidine rings is 3. The van der Waals surface area contributed by atoms with E-state index in [9.17, 15) is 5.11 Å². The summed E-state index contributed by atoms with van der Waals surface area (Å²) < 4.78 is 5.81. The van der Waals surface area contributed by atoms with Crippen LogP contribution in [0.15, 0.2) is 40.4 Å². The van der Waals surface area contributed by atoms with E-state index in [1.165, 1.54) is 0 Å². The molecule has 98 valence electrons. The highest BCUT2D eigenvalue weighted by Crippen LogP contribution is 2.36. The number of fused-ring (bicyclic) bond motifs is 4. The molecular weight excluding hydrogens is 238 g/mol. The van der Waals surface area contributed by atoms with Crippen molar-refractivity contribution in [1.82, 2.24) is 4.90 Å². The van der Waals surface area contributed by atoms with E-state index in [1.807, 2.05) is 36.4 Å². The van der Waals surface area contributed by atoms with E-state index < -0.39 is 0 Å². The minimum absolute atomic E-state index is 0.323. The second kappa shape index (κ2) is 4.14. The van der Waals surface area contributed by atoms with E-state index in [2.05, 4.69) is 4.90 Å². The smallest absolute Gasteiger partial charge is 0.134 e. The summed E-state index contributed by atoms with van der Waals surface area (Å²) in [6.45, 7) is 2.13. The number of nitrogens with zero attached hydrogens (tertiary/aromatic N) is 1. The first-order valence-corrected chi connectivity index (χ1v) is 6.94. The molecule has 3 aliphatic rings. The van der Waals surface area contributed by atoms with E-state index in [0.717, 1.165) is 48.4 Å². The first kappa shape index (κ1) is 11.1. The molecule has 4 heterocycles. The van der Waals surface area contributed by atoms with Crippen molar-refractivity contribution in [3.05, 3.63) is 41.8 Å². The fourth-order valence-electron chi connectivity index (χ4n) is 3.30. The van der Waals surface area contributed by atoms with Crippen LogP contribution in [0.1, 0.15) is 18.6 Å². The van der Waals surface area contributed by atoms with Crippen LogP contribution in [0.4, 0.5) is 0 Å². The van der Waals surface area contributed by atoms with Crippen LogP contribution in [0.25, 0.3) is 17.0 Å². The van der Waals surface area contributed by atoms with Gasteiger partial charge in [0.2, 0.25) is 0 Å². The summed E-state index contributed by atoms with van der Waals surface area (Å²) in [5.74, 6) is 1.27. The molecule has 0 spiro atoms. The van der Waals surface area contributed by atoms with E-state index in [0.29, 0.717) is 5.92 Å². The summed E-state index contributed by atoms with van der Waals surface area (Å²) in [7, 11) is 0. The Balaban J connectivity index is 1.74. The van der Waals surface area contributed by atoms with Crippen molar-refractivity contribution in [2.75, 3.05) is 13.1 Å². The Morgan fingerprint density at radius 2 is 2.00 bits per heavy atom. The SMILES string of the molecule is OC1/C(=C/c2cc3ccccc3o2)N2CCC1CC2. The van der Waals surface area contributed by atoms with Gasteiger partial charge in [-0.2, -0.15) is 0 Å². The molecule has 0 saturated carbocycles. The zero-order valence-corrected chi connectivity index (χ0v) is 10.7. The third kappa shape index (κ3) is 1.77. The van der Waals surface area contributed by atoms with Gasteiger partial charge in [-0.05, 0) is 30.9 Å². The maximum atomic E-state index is 10.3. The van der Waals surface area contributed by atoms with Crippen LogP contribution >= 0.6 is 0 Å². The van der Waals surface area contributed by atoms with Gasteiger partial charge in [-0.1, -0.05) is 18.2 Å². The van der Waals surface area contributed by atoms with Crippen LogP contribution in [0.3, 0.4) is 0 Å². The molecule has 0 amide bonds.